The van der Waals surface area contributed by atoms with Crippen molar-refractivity contribution >= 4 is 17.3 Å². The SMILES string of the molecule is CCCN(CCCC(=O)OC)c1ccccc1N. The number of carbonyl (C=O) groups excluding carboxylic acids is 1. The van der Waals surface area contributed by atoms with Crippen LogP contribution in [0.2, 0.25) is 0 Å². The van der Waals surface area contributed by atoms with Crippen LogP contribution >= 0.6 is 0 Å². The second-order valence-corrected chi connectivity index (χ2v) is 4.23. The number of anilines is 2. The highest BCUT2D eigenvalue weighted by Gasteiger charge is 2.09. The van der Waals surface area contributed by atoms with E-state index in [9.17, 15) is 4.79 Å². The number of nitrogen functional groups attached to an aromatic ring is 1. The van der Waals surface area contributed by atoms with Gasteiger partial charge in [-0.3, -0.25) is 4.79 Å². The highest BCUT2D eigenvalue weighted by Crippen LogP contribution is 2.23. The van der Waals surface area contributed by atoms with Crippen LogP contribution in [0, 0.1) is 0 Å². The molecule has 1 rings (SSSR count). The third-order valence-corrected chi connectivity index (χ3v) is 2.81. The van der Waals surface area contributed by atoms with Crippen LogP contribution in [0.25, 0.3) is 0 Å². The van der Waals surface area contributed by atoms with E-state index in [0.29, 0.717) is 6.42 Å². The minimum absolute atomic E-state index is 0.160. The Morgan fingerprint density at radius 1 is 1.33 bits per heavy atom. The van der Waals surface area contributed by atoms with Crippen LogP contribution in [0.5, 0.6) is 0 Å². The third-order valence-electron chi connectivity index (χ3n) is 2.81. The summed E-state index contributed by atoms with van der Waals surface area (Å²) >= 11 is 0. The predicted octanol–water partition coefficient (Wildman–Crippen LogP) is 2.44. The zero-order chi connectivity index (χ0) is 13.4. The maximum absolute atomic E-state index is 11.1. The summed E-state index contributed by atoms with van der Waals surface area (Å²) < 4.78 is 4.64. The van der Waals surface area contributed by atoms with Gasteiger partial charge in [-0.2, -0.15) is 0 Å². The zero-order valence-corrected chi connectivity index (χ0v) is 11.2. The number of para-hydroxylation sites is 2. The molecule has 0 aliphatic heterocycles. The van der Waals surface area contributed by atoms with E-state index in [-0.39, 0.29) is 5.97 Å². The second-order valence-electron chi connectivity index (χ2n) is 4.23. The Hall–Kier alpha value is -1.71. The lowest BCUT2D eigenvalue weighted by molar-refractivity contribution is -0.140. The molecule has 0 amide bonds. The highest BCUT2D eigenvalue weighted by atomic mass is 16.5. The Morgan fingerprint density at radius 3 is 2.67 bits per heavy atom. The molecule has 0 aliphatic carbocycles. The molecular formula is C14H22N2O2. The number of carbonyl (C=O) groups is 1. The van der Waals surface area contributed by atoms with Crippen molar-refractivity contribution in [2.45, 2.75) is 26.2 Å². The van der Waals surface area contributed by atoms with Crippen LogP contribution in [-0.2, 0) is 9.53 Å². The molecule has 4 nitrogen and oxygen atoms in total. The summed E-state index contributed by atoms with van der Waals surface area (Å²) in [5.74, 6) is -0.160. The Morgan fingerprint density at radius 2 is 2.06 bits per heavy atom. The first-order chi connectivity index (χ1) is 8.69. The fraction of sp³-hybridized carbons (Fsp3) is 0.500. The van der Waals surface area contributed by atoms with Crippen LogP contribution in [-0.4, -0.2) is 26.2 Å². The first-order valence-corrected chi connectivity index (χ1v) is 6.35. The average Bonchev–Trinajstić information content (AvgIpc) is 2.38. The van der Waals surface area contributed by atoms with Gasteiger partial charge in [-0.05, 0) is 25.0 Å². The van der Waals surface area contributed by atoms with Crippen molar-refractivity contribution < 1.29 is 9.53 Å². The number of methoxy groups -OCH3 is 1. The normalized spacial score (nSPS) is 10.1. The summed E-state index contributed by atoms with van der Waals surface area (Å²) in [5, 5.41) is 0. The molecule has 0 spiro atoms. The number of hydrogen-bond acceptors (Lipinski definition) is 4. The van der Waals surface area contributed by atoms with Gasteiger partial charge in [-0.25, -0.2) is 0 Å². The second kappa shape index (κ2) is 7.58. The average molecular weight is 250 g/mol. The number of esters is 1. The Bertz CT molecular complexity index is 380. The standard InChI is InChI=1S/C14H22N2O2/c1-3-10-16(11-6-9-14(17)18-2)13-8-5-4-7-12(13)15/h4-5,7-8H,3,6,9-11,15H2,1-2H3. The van der Waals surface area contributed by atoms with Gasteiger partial charge in [0.15, 0.2) is 0 Å². The van der Waals surface area contributed by atoms with Crippen molar-refractivity contribution in [1.29, 1.82) is 0 Å². The van der Waals surface area contributed by atoms with Gasteiger partial charge < -0.3 is 15.4 Å². The van der Waals surface area contributed by atoms with Crippen LogP contribution < -0.4 is 10.6 Å². The van der Waals surface area contributed by atoms with Gasteiger partial charge in [0.2, 0.25) is 0 Å². The predicted molar refractivity (Wildman–Crippen MR) is 74.6 cm³/mol. The minimum atomic E-state index is -0.160. The van der Waals surface area contributed by atoms with E-state index in [1.165, 1.54) is 7.11 Å². The van der Waals surface area contributed by atoms with Gasteiger partial charge in [0.1, 0.15) is 0 Å². The summed E-state index contributed by atoms with van der Waals surface area (Å²) in [6, 6.07) is 7.83. The van der Waals surface area contributed by atoms with Crippen molar-refractivity contribution in [3.8, 4) is 0 Å². The van der Waals surface area contributed by atoms with Gasteiger partial charge in [0.05, 0.1) is 18.5 Å². The molecule has 0 fully saturated rings. The van der Waals surface area contributed by atoms with E-state index >= 15 is 0 Å². The van der Waals surface area contributed by atoms with E-state index in [1.807, 2.05) is 24.3 Å². The van der Waals surface area contributed by atoms with Gasteiger partial charge in [-0.1, -0.05) is 19.1 Å². The minimum Gasteiger partial charge on any atom is -0.469 e. The summed E-state index contributed by atoms with van der Waals surface area (Å²) in [4.78, 5) is 13.3. The topological polar surface area (TPSA) is 55.6 Å². The number of nitrogens with zero attached hydrogens (tertiary/aromatic N) is 1. The quantitative estimate of drug-likeness (QED) is 0.596. The van der Waals surface area contributed by atoms with E-state index < -0.39 is 0 Å². The fourth-order valence-corrected chi connectivity index (χ4v) is 1.91. The highest BCUT2D eigenvalue weighted by molar-refractivity contribution is 5.69. The zero-order valence-electron chi connectivity index (χ0n) is 11.2. The smallest absolute Gasteiger partial charge is 0.305 e. The van der Waals surface area contributed by atoms with Crippen molar-refractivity contribution in [2.75, 3.05) is 30.8 Å². The number of ether oxygens (including phenoxy) is 1. The van der Waals surface area contributed by atoms with Crippen LogP contribution in [0.3, 0.4) is 0 Å². The van der Waals surface area contributed by atoms with Gasteiger partial charge in [-0.15, -0.1) is 0 Å². The first kappa shape index (κ1) is 14.4. The Balaban J connectivity index is 2.60. The maximum Gasteiger partial charge on any atom is 0.305 e. The van der Waals surface area contributed by atoms with E-state index in [1.54, 1.807) is 0 Å². The summed E-state index contributed by atoms with van der Waals surface area (Å²) in [7, 11) is 1.42. The van der Waals surface area contributed by atoms with Crippen molar-refractivity contribution in [3.05, 3.63) is 24.3 Å². The molecule has 0 unspecified atom stereocenters. The fourth-order valence-electron chi connectivity index (χ4n) is 1.91. The first-order valence-electron chi connectivity index (χ1n) is 6.35. The van der Waals surface area contributed by atoms with E-state index in [4.69, 9.17) is 5.73 Å². The monoisotopic (exact) mass is 250 g/mol. The molecule has 0 saturated heterocycles. The van der Waals surface area contributed by atoms with E-state index in [0.717, 1.165) is 37.3 Å². The molecule has 0 radical (unpaired) electrons. The Labute approximate surface area is 109 Å². The molecule has 2 N–H and O–H groups in total. The van der Waals surface area contributed by atoms with Crippen molar-refractivity contribution in [2.24, 2.45) is 0 Å². The number of rotatable bonds is 7. The summed E-state index contributed by atoms with van der Waals surface area (Å²) in [6.45, 7) is 3.89. The lowest BCUT2D eigenvalue weighted by Crippen LogP contribution is -2.26. The molecule has 0 aromatic heterocycles. The molecule has 1 aromatic carbocycles. The summed E-state index contributed by atoms with van der Waals surface area (Å²) in [5.41, 5.74) is 7.80. The van der Waals surface area contributed by atoms with Gasteiger partial charge in [0, 0.05) is 19.5 Å². The van der Waals surface area contributed by atoms with Gasteiger partial charge in [0.25, 0.3) is 0 Å². The summed E-state index contributed by atoms with van der Waals surface area (Å²) in [6.07, 6.45) is 2.27. The van der Waals surface area contributed by atoms with Crippen molar-refractivity contribution in [3.63, 3.8) is 0 Å². The number of hydrogen-bond donors (Lipinski definition) is 1. The molecular weight excluding hydrogens is 228 g/mol. The largest absolute Gasteiger partial charge is 0.469 e. The third kappa shape index (κ3) is 4.28. The molecule has 0 bridgehead atoms. The molecule has 0 aliphatic rings. The molecule has 1 aromatic rings. The van der Waals surface area contributed by atoms with Crippen molar-refractivity contribution in [1.82, 2.24) is 0 Å². The van der Waals surface area contributed by atoms with E-state index in [2.05, 4.69) is 16.6 Å². The number of benzene rings is 1. The molecule has 0 atom stereocenters. The molecule has 0 saturated carbocycles. The van der Waals surface area contributed by atoms with Crippen LogP contribution in [0.1, 0.15) is 26.2 Å². The maximum atomic E-state index is 11.1. The molecule has 0 heterocycles. The van der Waals surface area contributed by atoms with Crippen LogP contribution in [0.4, 0.5) is 11.4 Å². The number of nitrogens with two attached hydrogens (primary N) is 1. The lowest BCUT2D eigenvalue weighted by atomic mass is 10.2. The lowest BCUT2D eigenvalue weighted by Gasteiger charge is -2.25. The Kier molecular flexibility index (Phi) is 6.05. The van der Waals surface area contributed by atoms with Gasteiger partial charge >= 0.3 is 5.97 Å². The molecule has 18 heavy (non-hydrogen) atoms. The van der Waals surface area contributed by atoms with Crippen LogP contribution in [0.15, 0.2) is 24.3 Å². The molecule has 100 valence electrons. The molecule has 4 heteroatoms.